The van der Waals surface area contributed by atoms with Crippen LogP contribution in [0.3, 0.4) is 0 Å². The zero-order chi connectivity index (χ0) is 17.0. The summed E-state index contributed by atoms with van der Waals surface area (Å²) in [5, 5.41) is 11.8. The molecule has 1 N–H and O–H groups in total. The Morgan fingerprint density at radius 3 is 2.52 bits per heavy atom. The van der Waals surface area contributed by atoms with Crippen molar-refractivity contribution < 1.29 is 9.53 Å². The molecule has 6 heteroatoms. The lowest BCUT2D eigenvalue weighted by atomic mass is 10.1. The Morgan fingerprint density at radius 1 is 1.30 bits per heavy atom. The first-order valence-corrected chi connectivity index (χ1v) is 7.01. The number of rotatable bonds is 4. The summed E-state index contributed by atoms with van der Waals surface area (Å²) in [5.41, 5.74) is 1.47. The third kappa shape index (κ3) is 3.58. The van der Waals surface area contributed by atoms with Crippen LogP contribution in [0.15, 0.2) is 35.1 Å². The molecule has 0 bridgehead atoms. The fourth-order valence-electron chi connectivity index (χ4n) is 2.28. The smallest absolute Gasteiger partial charge is 0.269 e. The number of nitrogens with one attached hydrogen (secondary N) is 1. The molecule has 23 heavy (non-hydrogen) atoms. The Hall–Kier alpha value is -3.07. The van der Waals surface area contributed by atoms with Gasteiger partial charge in [0.15, 0.2) is 0 Å². The molecule has 0 aliphatic heterocycles. The summed E-state index contributed by atoms with van der Waals surface area (Å²) < 4.78 is 6.35. The molecular weight excluding hydrogens is 294 g/mol. The van der Waals surface area contributed by atoms with Crippen LogP contribution in [0, 0.1) is 25.2 Å². The van der Waals surface area contributed by atoms with Crippen LogP contribution in [0.2, 0.25) is 0 Å². The molecule has 0 saturated heterocycles. The predicted octanol–water partition coefficient (Wildman–Crippen LogP) is 1.98. The topological polar surface area (TPSA) is 84.1 Å². The number of methoxy groups -OCH3 is 1. The van der Waals surface area contributed by atoms with Crippen molar-refractivity contribution in [3.63, 3.8) is 0 Å². The van der Waals surface area contributed by atoms with Crippen LogP contribution in [0.1, 0.15) is 16.8 Å². The first-order valence-electron chi connectivity index (χ1n) is 7.01. The number of aromatic nitrogens is 1. The maximum Gasteiger partial charge on any atom is 0.269 e. The van der Waals surface area contributed by atoms with E-state index in [9.17, 15) is 9.59 Å². The predicted molar refractivity (Wildman–Crippen MR) is 86.5 cm³/mol. The number of nitriles is 1. The number of nitrogens with zero attached hydrogens (tertiary/aromatic N) is 2. The van der Waals surface area contributed by atoms with Crippen LogP contribution >= 0.6 is 0 Å². The van der Waals surface area contributed by atoms with Crippen LogP contribution < -0.4 is 15.6 Å². The number of hydrogen-bond acceptors (Lipinski definition) is 4. The second-order valence-corrected chi connectivity index (χ2v) is 5.12. The zero-order valence-electron chi connectivity index (χ0n) is 13.2. The minimum atomic E-state index is -0.449. The van der Waals surface area contributed by atoms with E-state index < -0.39 is 5.56 Å². The second-order valence-electron chi connectivity index (χ2n) is 5.12. The number of ether oxygens (including phenoxy) is 1. The van der Waals surface area contributed by atoms with Gasteiger partial charge in [0.2, 0.25) is 5.91 Å². The van der Waals surface area contributed by atoms with E-state index in [-0.39, 0.29) is 18.0 Å². The van der Waals surface area contributed by atoms with Gasteiger partial charge in [-0.3, -0.25) is 9.59 Å². The van der Waals surface area contributed by atoms with Crippen molar-refractivity contribution in [2.24, 2.45) is 0 Å². The number of carbonyl (C=O) groups excluding carboxylic acids is 1. The van der Waals surface area contributed by atoms with Gasteiger partial charge >= 0.3 is 0 Å². The van der Waals surface area contributed by atoms with Gasteiger partial charge in [-0.15, -0.1) is 0 Å². The largest absolute Gasteiger partial charge is 0.497 e. The standard InChI is InChI=1S/C17H17N3O3/c1-11-8-12(2)20(17(22)15(11)9-18)10-16(21)19-13-4-6-14(23-3)7-5-13/h4-8H,10H2,1-3H3,(H,19,21). The van der Waals surface area contributed by atoms with E-state index in [0.29, 0.717) is 22.7 Å². The van der Waals surface area contributed by atoms with Gasteiger partial charge < -0.3 is 14.6 Å². The highest BCUT2D eigenvalue weighted by Gasteiger charge is 2.13. The second kappa shape index (κ2) is 6.79. The highest BCUT2D eigenvalue weighted by molar-refractivity contribution is 5.90. The van der Waals surface area contributed by atoms with Crippen molar-refractivity contribution in [2.75, 3.05) is 12.4 Å². The Bertz CT molecular complexity index is 830. The molecule has 2 rings (SSSR count). The molecule has 6 nitrogen and oxygen atoms in total. The number of amides is 1. The molecule has 2 aromatic rings. The van der Waals surface area contributed by atoms with E-state index in [4.69, 9.17) is 10.00 Å². The Morgan fingerprint density at radius 2 is 1.96 bits per heavy atom. The summed E-state index contributed by atoms with van der Waals surface area (Å²) >= 11 is 0. The van der Waals surface area contributed by atoms with Crippen molar-refractivity contribution in [1.82, 2.24) is 4.57 Å². The molecule has 1 aromatic heterocycles. The van der Waals surface area contributed by atoms with Crippen molar-refractivity contribution >= 4 is 11.6 Å². The molecular formula is C17H17N3O3. The highest BCUT2D eigenvalue weighted by atomic mass is 16.5. The summed E-state index contributed by atoms with van der Waals surface area (Å²) in [6.07, 6.45) is 0. The van der Waals surface area contributed by atoms with Crippen LogP contribution in [0.5, 0.6) is 5.75 Å². The van der Waals surface area contributed by atoms with E-state index >= 15 is 0 Å². The maximum atomic E-state index is 12.3. The molecule has 1 heterocycles. The number of anilines is 1. The van der Waals surface area contributed by atoms with Gasteiger partial charge in [0.05, 0.1) is 7.11 Å². The van der Waals surface area contributed by atoms with Gasteiger partial charge in [0, 0.05) is 11.4 Å². The van der Waals surface area contributed by atoms with Gasteiger partial charge in [-0.05, 0) is 49.7 Å². The van der Waals surface area contributed by atoms with E-state index in [1.54, 1.807) is 51.3 Å². The minimum absolute atomic E-state index is 0.0628. The lowest BCUT2D eigenvalue weighted by Crippen LogP contribution is -2.31. The number of carbonyl (C=O) groups is 1. The molecule has 1 amide bonds. The summed E-state index contributed by atoms with van der Waals surface area (Å²) in [5.74, 6) is 0.348. The van der Waals surface area contributed by atoms with E-state index in [1.807, 2.05) is 6.07 Å². The third-order valence-electron chi connectivity index (χ3n) is 3.49. The van der Waals surface area contributed by atoms with E-state index in [2.05, 4.69) is 5.32 Å². The van der Waals surface area contributed by atoms with Gasteiger partial charge in [0.25, 0.3) is 5.56 Å². The minimum Gasteiger partial charge on any atom is -0.497 e. The first kappa shape index (κ1) is 16.3. The van der Waals surface area contributed by atoms with Gasteiger partial charge in [-0.2, -0.15) is 5.26 Å². The molecule has 1 aromatic carbocycles. The van der Waals surface area contributed by atoms with Crippen LogP contribution in [0.25, 0.3) is 0 Å². The number of benzene rings is 1. The molecule has 0 aliphatic carbocycles. The van der Waals surface area contributed by atoms with Crippen LogP contribution in [-0.4, -0.2) is 17.6 Å². The lowest BCUT2D eigenvalue weighted by Gasteiger charge is -2.12. The average Bonchev–Trinajstić information content (AvgIpc) is 2.52. The first-order chi connectivity index (χ1) is 11.0. The SMILES string of the molecule is COc1ccc(NC(=O)Cn2c(C)cc(C)c(C#N)c2=O)cc1. The Kier molecular flexibility index (Phi) is 4.82. The fraction of sp³-hybridized carbons (Fsp3) is 0.235. The average molecular weight is 311 g/mol. The summed E-state index contributed by atoms with van der Waals surface area (Å²) in [6, 6.07) is 10.5. The maximum absolute atomic E-state index is 12.3. The summed E-state index contributed by atoms with van der Waals surface area (Å²) in [7, 11) is 1.56. The lowest BCUT2D eigenvalue weighted by molar-refractivity contribution is -0.116. The molecule has 118 valence electrons. The quantitative estimate of drug-likeness (QED) is 0.935. The molecule has 0 atom stereocenters. The van der Waals surface area contributed by atoms with Crippen molar-refractivity contribution in [2.45, 2.75) is 20.4 Å². The van der Waals surface area contributed by atoms with E-state index in [0.717, 1.165) is 0 Å². The summed E-state index contributed by atoms with van der Waals surface area (Å²) in [6.45, 7) is 3.29. The fourth-order valence-corrected chi connectivity index (χ4v) is 2.28. The molecule has 0 unspecified atom stereocenters. The van der Waals surface area contributed by atoms with Gasteiger partial charge in [-0.1, -0.05) is 0 Å². The third-order valence-corrected chi connectivity index (χ3v) is 3.49. The van der Waals surface area contributed by atoms with Crippen LogP contribution in [-0.2, 0) is 11.3 Å². The van der Waals surface area contributed by atoms with Crippen molar-refractivity contribution in [3.05, 3.63) is 57.5 Å². The monoisotopic (exact) mass is 311 g/mol. The summed E-state index contributed by atoms with van der Waals surface area (Å²) in [4.78, 5) is 24.4. The Balaban J connectivity index is 2.20. The zero-order valence-corrected chi connectivity index (χ0v) is 13.2. The normalized spacial score (nSPS) is 10.0. The molecule has 0 radical (unpaired) electrons. The number of aryl methyl sites for hydroxylation is 2. The Labute approximate surface area is 133 Å². The molecule has 0 aliphatic rings. The van der Waals surface area contributed by atoms with Gasteiger partial charge in [0.1, 0.15) is 23.9 Å². The van der Waals surface area contributed by atoms with Crippen molar-refractivity contribution in [1.29, 1.82) is 5.26 Å². The number of hydrogen-bond donors (Lipinski definition) is 1. The van der Waals surface area contributed by atoms with Crippen LogP contribution in [0.4, 0.5) is 5.69 Å². The van der Waals surface area contributed by atoms with Gasteiger partial charge in [-0.25, -0.2) is 0 Å². The highest BCUT2D eigenvalue weighted by Crippen LogP contribution is 2.15. The number of pyridine rings is 1. The van der Waals surface area contributed by atoms with E-state index in [1.165, 1.54) is 4.57 Å². The molecule has 0 fully saturated rings. The molecule has 0 spiro atoms. The van der Waals surface area contributed by atoms with Crippen molar-refractivity contribution in [3.8, 4) is 11.8 Å². The molecule has 0 saturated carbocycles.